The van der Waals surface area contributed by atoms with Gasteiger partial charge in [0.25, 0.3) is 11.8 Å². The Kier molecular flexibility index (Phi) is 8.34. The summed E-state index contributed by atoms with van der Waals surface area (Å²) in [6.45, 7) is -0.265. The zero-order valence-electron chi connectivity index (χ0n) is 18.6. The third-order valence-corrected chi connectivity index (χ3v) is 4.56. The molecule has 3 aromatic rings. The van der Waals surface area contributed by atoms with Gasteiger partial charge >= 0.3 is 5.97 Å². The average molecular weight is 461 g/mol. The van der Waals surface area contributed by atoms with E-state index >= 15 is 0 Å². The summed E-state index contributed by atoms with van der Waals surface area (Å²) in [5, 5.41) is 6.37. The Labute approximate surface area is 196 Å². The molecule has 174 valence electrons. The van der Waals surface area contributed by atoms with Gasteiger partial charge in [0.05, 0.1) is 32.5 Å². The maximum Gasteiger partial charge on any atom is 0.343 e. The van der Waals surface area contributed by atoms with E-state index in [1.54, 1.807) is 60.7 Å². The SMILES string of the molecule is COc1ccc(C(=O)NCC(=O)N/N=C\c2ccc(OC(=O)c3ccccc3)cc2)cc1OC. The number of ether oxygens (including phenoxy) is 3. The van der Waals surface area contributed by atoms with Gasteiger partial charge in [0.2, 0.25) is 0 Å². The molecule has 0 saturated heterocycles. The first kappa shape index (κ1) is 24.0. The number of hydrogen-bond donors (Lipinski definition) is 2. The summed E-state index contributed by atoms with van der Waals surface area (Å²) < 4.78 is 15.6. The number of methoxy groups -OCH3 is 2. The smallest absolute Gasteiger partial charge is 0.343 e. The lowest BCUT2D eigenvalue weighted by Crippen LogP contribution is -2.34. The Bertz CT molecular complexity index is 1180. The predicted molar refractivity (Wildman–Crippen MR) is 125 cm³/mol. The first-order chi connectivity index (χ1) is 16.5. The maximum absolute atomic E-state index is 12.2. The van der Waals surface area contributed by atoms with Crippen LogP contribution >= 0.6 is 0 Å². The van der Waals surface area contributed by atoms with E-state index in [-0.39, 0.29) is 6.54 Å². The van der Waals surface area contributed by atoms with E-state index in [1.165, 1.54) is 26.5 Å². The molecule has 0 aromatic heterocycles. The van der Waals surface area contributed by atoms with Gasteiger partial charge < -0.3 is 19.5 Å². The van der Waals surface area contributed by atoms with Crippen LogP contribution in [0.1, 0.15) is 26.3 Å². The highest BCUT2D eigenvalue weighted by Crippen LogP contribution is 2.27. The first-order valence-electron chi connectivity index (χ1n) is 10.2. The van der Waals surface area contributed by atoms with Crippen LogP contribution in [0.5, 0.6) is 17.2 Å². The fourth-order valence-electron chi connectivity index (χ4n) is 2.82. The summed E-state index contributed by atoms with van der Waals surface area (Å²) in [7, 11) is 2.97. The molecule has 0 aliphatic heterocycles. The topological polar surface area (TPSA) is 115 Å². The molecule has 0 aliphatic carbocycles. The summed E-state index contributed by atoms with van der Waals surface area (Å²) in [6, 6.07) is 20.0. The van der Waals surface area contributed by atoms with Crippen molar-refractivity contribution < 1.29 is 28.6 Å². The second-order valence-corrected chi connectivity index (χ2v) is 6.87. The molecular formula is C25H23N3O6. The number of nitrogens with one attached hydrogen (secondary N) is 2. The third kappa shape index (κ3) is 6.67. The summed E-state index contributed by atoms with van der Waals surface area (Å²) >= 11 is 0. The lowest BCUT2D eigenvalue weighted by atomic mass is 10.2. The van der Waals surface area contributed by atoms with Crippen molar-refractivity contribution in [1.29, 1.82) is 0 Å². The molecule has 0 heterocycles. The van der Waals surface area contributed by atoms with Crippen LogP contribution in [0.25, 0.3) is 0 Å². The Morgan fingerprint density at radius 2 is 1.56 bits per heavy atom. The van der Waals surface area contributed by atoms with Crippen molar-refractivity contribution >= 4 is 24.0 Å². The van der Waals surface area contributed by atoms with Crippen LogP contribution in [-0.4, -0.2) is 44.8 Å². The minimum absolute atomic E-state index is 0.265. The van der Waals surface area contributed by atoms with Crippen LogP contribution in [0.3, 0.4) is 0 Å². The summed E-state index contributed by atoms with van der Waals surface area (Å²) in [5.74, 6) is -0.116. The number of hydrazone groups is 1. The molecule has 3 rings (SSSR count). The van der Waals surface area contributed by atoms with Gasteiger partial charge in [0, 0.05) is 5.56 Å². The average Bonchev–Trinajstić information content (AvgIpc) is 2.88. The number of carbonyl (C=O) groups excluding carboxylic acids is 3. The van der Waals surface area contributed by atoms with E-state index in [1.807, 2.05) is 6.07 Å². The molecule has 34 heavy (non-hydrogen) atoms. The number of benzene rings is 3. The molecule has 0 saturated carbocycles. The van der Waals surface area contributed by atoms with Crippen molar-refractivity contribution in [2.24, 2.45) is 5.10 Å². The van der Waals surface area contributed by atoms with Crippen LogP contribution in [0.15, 0.2) is 77.9 Å². The molecule has 0 atom stereocenters. The zero-order chi connectivity index (χ0) is 24.3. The largest absolute Gasteiger partial charge is 0.493 e. The van der Waals surface area contributed by atoms with Gasteiger partial charge in [0.1, 0.15) is 5.75 Å². The van der Waals surface area contributed by atoms with Gasteiger partial charge in [-0.25, -0.2) is 10.2 Å². The Morgan fingerprint density at radius 1 is 0.853 bits per heavy atom. The van der Waals surface area contributed by atoms with Crippen molar-refractivity contribution in [1.82, 2.24) is 10.7 Å². The van der Waals surface area contributed by atoms with E-state index in [0.717, 1.165) is 0 Å². The van der Waals surface area contributed by atoms with Crippen LogP contribution in [-0.2, 0) is 4.79 Å². The molecule has 0 radical (unpaired) electrons. The molecule has 3 aromatic carbocycles. The maximum atomic E-state index is 12.2. The number of esters is 1. The fraction of sp³-hybridized carbons (Fsp3) is 0.120. The number of amides is 2. The van der Waals surface area contributed by atoms with E-state index < -0.39 is 17.8 Å². The highest BCUT2D eigenvalue weighted by atomic mass is 16.5. The summed E-state index contributed by atoms with van der Waals surface area (Å²) in [4.78, 5) is 36.3. The highest BCUT2D eigenvalue weighted by Gasteiger charge is 2.12. The molecule has 0 spiro atoms. The minimum atomic E-state index is -0.501. The second-order valence-electron chi connectivity index (χ2n) is 6.87. The third-order valence-electron chi connectivity index (χ3n) is 4.56. The molecule has 2 amide bonds. The molecule has 0 unspecified atom stereocenters. The minimum Gasteiger partial charge on any atom is -0.493 e. The fourth-order valence-corrected chi connectivity index (χ4v) is 2.82. The van der Waals surface area contributed by atoms with Crippen molar-refractivity contribution in [3.05, 3.63) is 89.5 Å². The van der Waals surface area contributed by atoms with E-state index in [4.69, 9.17) is 14.2 Å². The molecular weight excluding hydrogens is 438 g/mol. The number of nitrogens with zero attached hydrogens (tertiary/aromatic N) is 1. The highest BCUT2D eigenvalue weighted by molar-refractivity contribution is 5.97. The predicted octanol–water partition coefficient (Wildman–Crippen LogP) is 2.80. The van der Waals surface area contributed by atoms with Gasteiger partial charge in [0.15, 0.2) is 11.5 Å². The Morgan fingerprint density at radius 3 is 2.24 bits per heavy atom. The molecule has 2 N–H and O–H groups in total. The summed E-state index contributed by atoms with van der Waals surface area (Å²) in [6.07, 6.45) is 1.43. The van der Waals surface area contributed by atoms with Gasteiger partial charge in [-0.3, -0.25) is 9.59 Å². The molecule has 0 aliphatic rings. The molecule has 9 nitrogen and oxygen atoms in total. The first-order valence-corrected chi connectivity index (χ1v) is 10.2. The van der Waals surface area contributed by atoms with Crippen LogP contribution in [0.2, 0.25) is 0 Å². The number of hydrogen-bond acceptors (Lipinski definition) is 7. The van der Waals surface area contributed by atoms with E-state index in [0.29, 0.717) is 33.9 Å². The van der Waals surface area contributed by atoms with Crippen LogP contribution in [0, 0.1) is 0 Å². The van der Waals surface area contributed by atoms with Crippen molar-refractivity contribution in [2.75, 3.05) is 20.8 Å². The monoisotopic (exact) mass is 461 g/mol. The van der Waals surface area contributed by atoms with Gasteiger partial charge in [-0.15, -0.1) is 0 Å². The van der Waals surface area contributed by atoms with Crippen LogP contribution < -0.4 is 25.0 Å². The lowest BCUT2D eigenvalue weighted by molar-refractivity contribution is -0.120. The van der Waals surface area contributed by atoms with E-state index in [9.17, 15) is 14.4 Å². The number of carbonyl (C=O) groups is 3. The lowest BCUT2D eigenvalue weighted by Gasteiger charge is -2.09. The zero-order valence-corrected chi connectivity index (χ0v) is 18.6. The molecule has 0 fully saturated rings. The van der Waals surface area contributed by atoms with Crippen molar-refractivity contribution in [3.63, 3.8) is 0 Å². The van der Waals surface area contributed by atoms with Crippen molar-refractivity contribution in [3.8, 4) is 17.2 Å². The quantitative estimate of drug-likeness (QED) is 0.219. The normalized spacial score (nSPS) is 10.4. The summed E-state index contributed by atoms with van der Waals surface area (Å²) in [5.41, 5.74) is 3.78. The van der Waals surface area contributed by atoms with Crippen molar-refractivity contribution in [2.45, 2.75) is 0 Å². The van der Waals surface area contributed by atoms with Crippen LogP contribution in [0.4, 0.5) is 0 Å². The molecule has 9 heteroatoms. The second kappa shape index (κ2) is 11.8. The standard InChI is InChI=1S/C25H23N3O6/c1-32-21-13-10-19(14-22(21)33-2)24(30)26-16-23(29)28-27-15-17-8-11-20(12-9-17)34-25(31)18-6-4-3-5-7-18/h3-15H,16H2,1-2H3,(H,26,30)(H,28,29)/b27-15-. The van der Waals surface area contributed by atoms with Gasteiger partial charge in [-0.05, 0) is 60.2 Å². The van der Waals surface area contributed by atoms with Gasteiger partial charge in [-0.1, -0.05) is 18.2 Å². The van der Waals surface area contributed by atoms with Gasteiger partial charge in [-0.2, -0.15) is 5.10 Å². The Hall–Kier alpha value is -4.66. The number of rotatable bonds is 9. The molecule has 0 bridgehead atoms. The Balaban J connectivity index is 1.45. The van der Waals surface area contributed by atoms with E-state index in [2.05, 4.69) is 15.8 Å².